The van der Waals surface area contributed by atoms with Crippen LogP contribution in [0.25, 0.3) is 0 Å². The van der Waals surface area contributed by atoms with E-state index in [0.29, 0.717) is 6.61 Å². The average molecular weight is 505 g/mol. The van der Waals surface area contributed by atoms with Crippen LogP contribution in [0.4, 0.5) is 0 Å². The standard InChI is InChI=1S/C25H36O5SSi2/c1-32(2,3)29-22-21-20(17-26-24(28-21)18-13-9-7-10-14-18)27-25(23(22)30-33(4,5)6)31-19-15-11-8-12-16-19/h7-16,20-25H,17H2,1-6H3/t20-,21+,22+,23-,24+,25+/m1/s1. The number of thioether (sulfide) groups is 1. The summed E-state index contributed by atoms with van der Waals surface area (Å²) in [6, 6.07) is 20.4. The van der Waals surface area contributed by atoms with Crippen LogP contribution in [0.2, 0.25) is 39.3 Å². The lowest BCUT2D eigenvalue weighted by molar-refractivity contribution is -0.314. The van der Waals surface area contributed by atoms with Crippen molar-refractivity contribution in [3.8, 4) is 0 Å². The fraction of sp³-hybridized carbons (Fsp3) is 0.520. The molecule has 2 fully saturated rings. The van der Waals surface area contributed by atoms with E-state index in [4.69, 9.17) is 23.1 Å². The van der Waals surface area contributed by atoms with Gasteiger partial charge in [0, 0.05) is 10.5 Å². The number of rotatable bonds is 7. The van der Waals surface area contributed by atoms with Crippen LogP contribution in [0.15, 0.2) is 65.6 Å². The molecule has 5 nitrogen and oxygen atoms in total. The molecule has 0 unspecified atom stereocenters. The van der Waals surface area contributed by atoms with Crippen molar-refractivity contribution in [3.05, 3.63) is 66.2 Å². The van der Waals surface area contributed by atoms with E-state index in [0.717, 1.165) is 10.5 Å². The van der Waals surface area contributed by atoms with Crippen LogP contribution in [-0.4, -0.2) is 53.1 Å². The van der Waals surface area contributed by atoms with E-state index in [2.05, 4.69) is 63.5 Å². The third-order valence-corrected chi connectivity index (χ3v) is 8.44. The molecule has 8 heteroatoms. The van der Waals surface area contributed by atoms with Gasteiger partial charge in [0.2, 0.25) is 0 Å². The SMILES string of the molecule is C[Si](C)(C)O[C@H]1[C@H]2O[C@@H](c3ccccc3)OC[C@H]2O[C@@H](Sc2ccccc2)[C@@H]1O[Si](C)(C)C. The minimum Gasteiger partial charge on any atom is -0.409 e. The van der Waals surface area contributed by atoms with Crippen molar-refractivity contribution in [2.24, 2.45) is 0 Å². The van der Waals surface area contributed by atoms with Gasteiger partial charge >= 0.3 is 0 Å². The molecular weight excluding hydrogens is 469 g/mol. The first kappa shape index (κ1) is 25.1. The summed E-state index contributed by atoms with van der Waals surface area (Å²) >= 11 is 1.70. The number of hydrogen-bond acceptors (Lipinski definition) is 6. The minimum atomic E-state index is -1.91. The summed E-state index contributed by atoms with van der Waals surface area (Å²) in [4.78, 5) is 1.15. The van der Waals surface area contributed by atoms with Crippen molar-refractivity contribution in [2.75, 3.05) is 6.61 Å². The number of hydrogen-bond donors (Lipinski definition) is 0. The predicted octanol–water partition coefficient (Wildman–Crippen LogP) is 6.06. The molecule has 2 aliphatic rings. The topological polar surface area (TPSA) is 46.2 Å². The van der Waals surface area contributed by atoms with Crippen LogP contribution in [0, 0.1) is 0 Å². The van der Waals surface area contributed by atoms with Gasteiger partial charge < -0.3 is 23.1 Å². The smallest absolute Gasteiger partial charge is 0.184 e. The lowest BCUT2D eigenvalue weighted by Crippen LogP contribution is -2.65. The van der Waals surface area contributed by atoms with Gasteiger partial charge in [-0.05, 0) is 51.4 Å². The minimum absolute atomic E-state index is 0.206. The second kappa shape index (κ2) is 10.3. The summed E-state index contributed by atoms with van der Waals surface area (Å²) in [5, 5.41) is 0. The van der Waals surface area contributed by atoms with Gasteiger partial charge in [-0.1, -0.05) is 60.3 Å². The maximum Gasteiger partial charge on any atom is 0.184 e. The Balaban J connectivity index is 1.65. The van der Waals surface area contributed by atoms with Gasteiger partial charge in [-0.15, -0.1) is 0 Å². The van der Waals surface area contributed by atoms with Gasteiger partial charge in [-0.25, -0.2) is 0 Å². The van der Waals surface area contributed by atoms with Gasteiger partial charge in [0.15, 0.2) is 22.9 Å². The second-order valence-electron chi connectivity index (χ2n) is 10.5. The maximum absolute atomic E-state index is 6.82. The molecule has 0 bridgehead atoms. The Labute approximate surface area is 204 Å². The second-order valence-corrected chi connectivity index (χ2v) is 20.6. The molecule has 0 amide bonds. The van der Waals surface area contributed by atoms with Crippen molar-refractivity contribution < 1.29 is 23.1 Å². The Morgan fingerprint density at radius 2 is 1.33 bits per heavy atom. The third kappa shape index (κ3) is 6.79. The molecule has 0 N–H and O–H groups in total. The zero-order valence-electron chi connectivity index (χ0n) is 20.4. The van der Waals surface area contributed by atoms with E-state index in [9.17, 15) is 0 Å². The maximum atomic E-state index is 6.82. The van der Waals surface area contributed by atoms with Crippen LogP contribution in [0.3, 0.4) is 0 Å². The first-order valence-corrected chi connectivity index (χ1v) is 19.3. The molecule has 0 spiro atoms. The summed E-state index contributed by atoms with van der Waals surface area (Å²) < 4.78 is 32.9. The molecule has 180 valence electrons. The van der Waals surface area contributed by atoms with Crippen molar-refractivity contribution in [1.82, 2.24) is 0 Å². The summed E-state index contributed by atoms with van der Waals surface area (Å²) in [7, 11) is -3.81. The molecule has 4 rings (SSSR count). The molecular formula is C25H36O5SSi2. The van der Waals surface area contributed by atoms with E-state index in [1.807, 2.05) is 36.4 Å². The van der Waals surface area contributed by atoms with Gasteiger partial charge in [-0.3, -0.25) is 0 Å². The molecule has 0 aliphatic carbocycles. The van der Waals surface area contributed by atoms with Gasteiger partial charge in [0.25, 0.3) is 0 Å². The molecule has 0 radical (unpaired) electrons. The fourth-order valence-electron chi connectivity index (χ4n) is 4.13. The number of fused-ring (bicyclic) bond motifs is 1. The highest BCUT2D eigenvalue weighted by atomic mass is 32.2. The van der Waals surface area contributed by atoms with E-state index in [-0.39, 0.29) is 29.9 Å². The first-order chi connectivity index (χ1) is 15.6. The van der Waals surface area contributed by atoms with Crippen LogP contribution in [0.1, 0.15) is 11.9 Å². The highest BCUT2D eigenvalue weighted by Gasteiger charge is 2.53. The lowest BCUT2D eigenvalue weighted by Gasteiger charge is -2.51. The molecule has 2 aromatic carbocycles. The zero-order valence-corrected chi connectivity index (χ0v) is 23.2. The zero-order chi connectivity index (χ0) is 23.6. The third-order valence-electron chi connectivity index (χ3n) is 5.33. The number of ether oxygens (including phenoxy) is 3. The van der Waals surface area contributed by atoms with Gasteiger partial charge in [0.1, 0.15) is 29.9 Å². The van der Waals surface area contributed by atoms with Crippen molar-refractivity contribution in [3.63, 3.8) is 0 Å². The van der Waals surface area contributed by atoms with Crippen LogP contribution < -0.4 is 0 Å². The Morgan fingerprint density at radius 3 is 1.94 bits per heavy atom. The molecule has 2 heterocycles. The monoisotopic (exact) mass is 504 g/mol. The van der Waals surface area contributed by atoms with Gasteiger partial charge in [-0.2, -0.15) is 0 Å². The van der Waals surface area contributed by atoms with Crippen LogP contribution in [-0.2, 0) is 23.1 Å². The van der Waals surface area contributed by atoms with Crippen LogP contribution >= 0.6 is 11.8 Å². The summed E-state index contributed by atoms with van der Waals surface area (Å²) in [5.41, 5.74) is 0.799. The van der Waals surface area contributed by atoms with Gasteiger partial charge in [0.05, 0.1) is 6.61 Å². The van der Waals surface area contributed by atoms with E-state index in [1.165, 1.54) is 0 Å². The summed E-state index contributed by atoms with van der Waals surface area (Å²) in [6.07, 6.45) is -1.36. The molecule has 6 atom stereocenters. The Morgan fingerprint density at radius 1 is 0.758 bits per heavy atom. The van der Waals surface area contributed by atoms with Crippen LogP contribution in [0.5, 0.6) is 0 Å². The Bertz CT molecular complexity index is 887. The lowest BCUT2D eigenvalue weighted by atomic mass is 9.99. The van der Waals surface area contributed by atoms with Crippen molar-refractivity contribution in [2.45, 2.75) is 80.3 Å². The number of benzene rings is 2. The van der Waals surface area contributed by atoms with E-state index >= 15 is 0 Å². The molecule has 0 aromatic heterocycles. The van der Waals surface area contributed by atoms with E-state index in [1.54, 1.807) is 11.8 Å². The Kier molecular flexibility index (Phi) is 7.87. The highest BCUT2D eigenvalue weighted by molar-refractivity contribution is 7.99. The van der Waals surface area contributed by atoms with E-state index < -0.39 is 22.9 Å². The summed E-state index contributed by atoms with van der Waals surface area (Å²) in [6.45, 7) is 13.8. The summed E-state index contributed by atoms with van der Waals surface area (Å²) in [5.74, 6) is 0. The van der Waals surface area contributed by atoms with Crippen molar-refractivity contribution in [1.29, 1.82) is 0 Å². The molecule has 2 aliphatic heterocycles. The first-order valence-electron chi connectivity index (χ1n) is 11.6. The van der Waals surface area contributed by atoms with Crippen molar-refractivity contribution >= 4 is 28.4 Å². The molecule has 2 saturated heterocycles. The molecule has 33 heavy (non-hydrogen) atoms. The molecule has 0 saturated carbocycles. The quantitative estimate of drug-likeness (QED) is 0.427. The fourth-order valence-corrected chi connectivity index (χ4v) is 7.51. The molecule has 2 aromatic rings. The predicted molar refractivity (Wildman–Crippen MR) is 137 cm³/mol. The highest BCUT2D eigenvalue weighted by Crippen LogP contribution is 2.42. The Hall–Kier alpha value is -0.976. The normalized spacial score (nSPS) is 30.6. The average Bonchev–Trinajstić information content (AvgIpc) is 2.75. The largest absolute Gasteiger partial charge is 0.409 e.